The zero-order valence-electron chi connectivity index (χ0n) is 13.0. The predicted octanol–water partition coefficient (Wildman–Crippen LogP) is 3.61. The highest BCUT2D eigenvalue weighted by molar-refractivity contribution is 7.99. The van der Waals surface area contributed by atoms with Crippen molar-refractivity contribution in [3.63, 3.8) is 0 Å². The van der Waals surface area contributed by atoms with Crippen LogP contribution in [0.25, 0.3) is 0 Å². The first-order valence-electron chi connectivity index (χ1n) is 7.74. The van der Waals surface area contributed by atoms with Gasteiger partial charge in [-0.3, -0.25) is 0 Å². The van der Waals surface area contributed by atoms with Gasteiger partial charge in [-0.1, -0.05) is 32.0 Å². The summed E-state index contributed by atoms with van der Waals surface area (Å²) in [5.41, 5.74) is 0. The Balaban J connectivity index is 1.93. The first-order chi connectivity index (χ1) is 10.3. The van der Waals surface area contributed by atoms with E-state index in [2.05, 4.69) is 65.2 Å². The van der Waals surface area contributed by atoms with Crippen molar-refractivity contribution in [2.45, 2.75) is 44.2 Å². The molecule has 0 amide bonds. The fourth-order valence-corrected chi connectivity index (χ4v) is 3.37. The van der Waals surface area contributed by atoms with Gasteiger partial charge in [0.15, 0.2) is 0 Å². The number of aromatic nitrogens is 2. The van der Waals surface area contributed by atoms with E-state index >= 15 is 0 Å². The second kappa shape index (κ2) is 8.90. The molecular weight excluding hydrogens is 278 g/mol. The summed E-state index contributed by atoms with van der Waals surface area (Å²) in [5, 5.41) is 3.59. The molecule has 0 radical (unpaired) electrons. The molecule has 1 heterocycles. The first kappa shape index (κ1) is 16.1. The van der Waals surface area contributed by atoms with E-state index in [9.17, 15) is 0 Å². The number of rotatable bonds is 9. The largest absolute Gasteiger partial charge is 0.335 e. The summed E-state index contributed by atoms with van der Waals surface area (Å²) in [5.74, 6) is 2.26. The summed E-state index contributed by atoms with van der Waals surface area (Å²) in [6.45, 7) is 6.42. The number of likely N-dealkylation sites (N-methyl/N-ethyl adjacent to an activating group) is 1. The minimum absolute atomic E-state index is 0.457. The van der Waals surface area contributed by atoms with E-state index < -0.39 is 0 Å². The van der Waals surface area contributed by atoms with Crippen molar-refractivity contribution in [3.8, 4) is 0 Å². The maximum absolute atomic E-state index is 4.53. The van der Waals surface area contributed by atoms with Crippen LogP contribution in [0.2, 0.25) is 0 Å². The van der Waals surface area contributed by atoms with Crippen LogP contribution in [0, 0.1) is 0 Å². The lowest BCUT2D eigenvalue weighted by atomic mass is 10.2. The highest BCUT2D eigenvalue weighted by Crippen LogP contribution is 2.19. The van der Waals surface area contributed by atoms with Crippen LogP contribution in [0.4, 0.5) is 0 Å². The third-order valence-electron chi connectivity index (χ3n) is 3.38. The van der Waals surface area contributed by atoms with Crippen LogP contribution in [-0.2, 0) is 13.0 Å². The molecule has 1 aromatic carbocycles. The second-order valence-corrected chi connectivity index (χ2v) is 6.21. The minimum Gasteiger partial charge on any atom is -0.335 e. The number of imidazole rings is 1. The molecule has 0 aliphatic rings. The number of thioether (sulfide) groups is 1. The number of benzene rings is 1. The van der Waals surface area contributed by atoms with Crippen molar-refractivity contribution in [1.82, 2.24) is 14.9 Å². The van der Waals surface area contributed by atoms with Gasteiger partial charge in [-0.2, -0.15) is 0 Å². The fraction of sp³-hybridized carbons (Fsp3) is 0.471. The maximum atomic E-state index is 4.53. The Morgan fingerprint density at radius 1 is 1.24 bits per heavy atom. The molecule has 2 rings (SSSR count). The molecule has 1 aromatic heterocycles. The molecule has 1 unspecified atom stereocenters. The molecule has 0 saturated carbocycles. The Kier molecular flexibility index (Phi) is 6.83. The van der Waals surface area contributed by atoms with Crippen LogP contribution in [0.1, 0.15) is 26.1 Å². The van der Waals surface area contributed by atoms with Gasteiger partial charge >= 0.3 is 0 Å². The zero-order chi connectivity index (χ0) is 14.9. The normalized spacial score (nSPS) is 12.5. The highest BCUT2D eigenvalue weighted by Gasteiger charge is 2.12. The Hall–Kier alpha value is -1.26. The molecule has 1 N–H and O–H groups in total. The third-order valence-corrected chi connectivity index (χ3v) is 4.56. The van der Waals surface area contributed by atoms with Crippen molar-refractivity contribution in [3.05, 3.63) is 48.5 Å². The molecule has 0 saturated heterocycles. The van der Waals surface area contributed by atoms with E-state index in [1.54, 1.807) is 0 Å². The fourth-order valence-electron chi connectivity index (χ4n) is 2.39. The lowest BCUT2D eigenvalue weighted by molar-refractivity contribution is 0.534. The van der Waals surface area contributed by atoms with E-state index in [4.69, 9.17) is 0 Å². The summed E-state index contributed by atoms with van der Waals surface area (Å²) >= 11 is 1.91. The van der Waals surface area contributed by atoms with Gasteiger partial charge in [-0.05, 0) is 25.1 Å². The number of hydrogen-bond acceptors (Lipinski definition) is 3. The number of nitrogens with one attached hydrogen (secondary N) is 1. The molecule has 21 heavy (non-hydrogen) atoms. The molecule has 1 atom stereocenters. The third kappa shape index (κ3) is 5.21. The van der Waals surface area contributed by atoms with Crippen molar-refractivity contribution >= 4 is 11.8 Å². The average molecular weight is 303 g/mol. The van der Waals surface area contributed by atoms with E-state index in [1.165, 1.54) is 10.7 Å². The minimum atomic E-state index is 0.457. The predicted molar refractivity (Wildman–Crippen MR) is 90.9 cm³/mol. The van der Waals surface area contributed by atoms with Crippen molar-refractivity contribution in [2.24, 2.45) is 0 Å². The number of hydrogen-bond donors (Lipinski definition) is 1. The van der Waals surface area contributed by atoms with Gasteiger partial charge in [0.05, 0.1) is 0 Å². The van der Waals surface area contributed by atoms with Gasteiger partial charge in [0.25, 0.3) is 0 Å². The van der Waals surface area contributed by atoms with Crippen LogP contribution in [0.15, 0.2) is 47.6 Å². The molecule has 114 valence electrons. The van der Waals surface area contributed by atoms with Crippen molar-refractivity contribution in [1.29, 1.82) is 0 Å². The van der Waals surface area contributed by atoms with Gasteiger partial charge in [0.1, 0.15) is 5.82 Å². The molecule has 0 bridgehead atoms. The standard InChI is InChI=1S/C17H25N3S/c1-3-11-20-12-10-19-17(20)13-15(18-4-2)14-21-16-8-6-5-7-9-16/h5-10,12,15,18H,3-4,11,13-14H2,1-2H3. The Morgan fingerprint density at radius 3 is 2.76 bits per heavy atom. The van der Waals surface area contributed by atoms with E-state index in [0.29, 0.717) is 6.04 Å². The van der Waals surface area contributed by atoms with Crippen LogP contribution >= 0.6 is 11.8 Å². The van der Waals surface area contributed by atoms with Gasteiger partial charge in [-0.15, -0.1) is 11.8 Å². The van der Waals surface area contributed by atoms with Crippen LogP contribution < -0.4 is 5.32 Å². The summed E-state index contributed by atoms with van der Waals surface area (Å²) in [7, 11) is 0. The highest BCUT2D eigenvalue weighted by atomic mass is 32.2. The number of nitrogens with zero attached hydrogens (tertiary/aromatic N) is 2. The molecule has 2 aromatic rings. The maximum Gasteiger partial charge on any atom is 0.110 e. The smallest absolute Gasteiger partial charge is 0.110 e. The summed E-state index contributed by atoms with van der Waals surface area (Å²) in [4.78, 5) is 5.86. The van der Waals surface area contributed by atoms with E-state index in [1.807, 2.05) is 18.0 Å². The zero-order valence-corrected chi connectivity index (χ0v) is 13.8. The molecule has 0 aliphatic heterocycles. The van der Waals surface area contributed by atoms with Gasteiger partial charge in [0, 0.05) is 42.0 Å². The molecule has 3 nitrogen and oxygen atoms in total. The topological polar surface area (TPSA) is 29.9 Å². The summed E-state index contributed by atoms with van der Waals surface area (Å²) in [6, 6.07) is 11.1. The SMILES string of the molecule is CCCn1ccnc1CC(CSc1ccccc1)NCC. The van der Waals surface area contributed by atoms with E-state index in [-0.39, 0.29) is 0 Å². The first-order valence-corrected chi connectivity index (χ1v) is 8.73. The Morgan fingerprint density at radius 2 is 2.05 bits per heavy atom. The van der Waals surface area contributed by atoms with Gasteiger partial charge in [0.2, 0.25) is 0 Å². The molecule has 0 aliphatic carbocycles. The van der Waals surface area contributed by atoms with Crippen LogP contribution in [0.5, 0.6) is 0 Å². The molecule has 0 fully saturated rings. The Labute approximate surface area is 132 Å². The number of aryl methyl sites for hydroxylation is 1. The van der Waals surface area contributed by atoms with Gasteiger partial charge in [-0.25, -0.2) is 4.98 Å². The van der Waals surface area contributed by atoms with Crippen molar-refractivity contribution in [2.75, 3.05) is 12.3 Å². The molecule has 4 heteroatoms. The summed E-state index contributed by atoms with van der Waals surface area (Å²) < 4.78 is 2.28. The molecular formula is C17H25N3S. The van der Waals surface area contributed by atoms with Crippen molar-refractivity contribution < 1.29 is 0 Å². The van der Waals surface area contributed by atoms with Crippen LogP contribution in [0.3, 0.4) is 0 Å². The monoisotopic (exact) mass is 303 g/mol. The lowest BCUT2D eigenvalue weighted by Gasteiger charge is -2.18. The lowest BCUT2D eigenvalue weighted by Crippen LogP contribution is -2.34. The quantitative estimate of drug-likeness (QED) is 0.718. The Bertz CT molecular complexity index is 510. The second-order valence-electron chi connectivity index (χ2n) is 5.12. The average Bonchev–Trinajstić information content (AvgIpc) is 2.94. The molecule has 0 spiro atoms. The van der Waals surface area contributed by atoms with Gasteiger partial charge < -0.3 is 9.88 Å². The van der Waals surface area contributed by atoms with Crippen LogP contribution in [-0.4, -0.2) is 27.9 Å². The summed E-state index contributed by atoms with van der Waals surface area (Å²) in [6.07, 6.45) is 6.14. The van der Waals surface area contributed by atoms with E-state index in [0.717, 1.165) is 31.7 Å².